The van der Waals surface area contributed by atoms with Crippen molar-refractivity contribution in [2.45, 2.75) is 50.8 Å². The zero-order valence-corrected chi connectivity index (χ0v) is 12.0. The Balaban J connectivity index is 1.88. The molecule has 0 amide bonds. The largest absolute Gasteiger partial charge is 0.381 e. The van der Waals surface area contributed by atoms with E-state index in [0.717, 1.165) is 25.6 Å². The fraction of sp³-hybridized carbons (Fsp3) is 1.00. The zero-order chi connectivity index (χ0) is 13.0. The van der Waals surface area contributed by atoms with Gasteiger partial charge < -0.3 is 15.4 Å². The van der Waals surface area contributed by atoms with Crippen LogP contribution in [0.2, 0.25) is 0 Å². The van der Waals surface area contributed by atoms with Crippen LogP contribution in [-0.4, -0.2) is 67.8 Å². The quantitative estimate of drug-likeness (QED) is 0.811. The van der Waals surface area contributed by atoms with Crippen LogP contribution in [0.3, 0.4) is 0 Å². The van der Waals surface area contributed by atoms with E-state index in [0.29, 0.717) is 12.1 Å². The Labute approximate surface area is 111 Å². The summed E-state index contributed by atoms with van der Waals surface area (Å²) in [7, 11) is 1.83. The fourth-order valence-corrected chi connectivity index (χ4v) is 3.53. The highest BCUT2D eigenvalue weighted by Crippen LogP contribution is 2.26. The number of ether oxygens (including phenoxy) is 1. The Hall–Kier alpha value is -0.160. The van der Waals surface area contributed by atoms with E-state index in [4.69, 9.17) is 10.5 Å². The number of methoxy groups -OCH3 is 1. The van der Waals surface area contributed by atoms with Gasteiger partial charge in [-0.15, -0.1) is 0 Å². The van der Waals surface area contributed by atoms with Crippen LogP contribution < -0.4 is 5.73 Å². The van der Waals surface area contributed by atoms with Crippen molar-refractivity contribution in [1.82, 2.24) is 9.80 Å². The van der Waals surface area contributed by atoms with Gasteiger partial charge in [0, 0.05) is 32.3 Å². The van der Waals surface area contributed by atoms with Crippen molar-refractivity contribution in [3.63, 3.8) is 0 Å². The molecule has 2 atom stereocenters. The van der Waals surface area contributed by atoms with Gasteiger partial charge in [0.1, 0.15) is 0 Å². The molecule has 2 unspecified atom stereocenters. The molecule has 2 aliphatic rings. The Morgan fingerprint density at radius 1 is 1.17 bits per heavy atom. The Morgan fingerprint density at radius 3 is 2.44 bits per heavy atom. The summed E-state index contributed by atoms with van der Waals surface area (Å²) in [6.07, 6.45) is 5.32. The van der Waals surface area contributed by atoms with Crippen molar-refractivity contribution in [3.05, 3.63) is 0 Å². The average Bonchev–Trinajstić information content (AvgIpc) is 2.46. The van der Waals surface area contributed by atoms with Crippen LogP contribution in [0.1, 0.15) is 32.6 Å². The van der Waals surface area contributed by atoms with Gasteiger partial charge in [-0.2, -0.15) is 0 Å². The summed E-state index contributed by atoms with van der Waals surface area (Å²) >= 11 is 0. The molecule has 18 heavy (non-hydrogen) atoms. The number of hydrogen-bond donors (Lipinski definition) is 1. The third-order valence-corrected chi connectivity index (χ3v) is 4.79. The van der Waals surface area contributed by atoms with Gasteiger partial charge in [-0.1, -0.05) is 6.92 Å². The van der Waals surface area contributed by atoms with Crippen LogP contribution in [0, 0.1) is 0 Å². The van der Waals surface area contributed by atoms with E-state index < -0.39 is 0 Å². The lowest BCUT2D eigenvalue weighted by Crippen LogP contribution is -2.55. The molecule has 2 saturated heterocycles. The normalized spacial score (nSPS) is 32.8. The number of rotatable bonds is 4. The van der Waals surface area contributed by atoms with Crippen molar-refractivity contribution in [2.24, 2.45) is 5.73 Å². The molecule has 0 aromatic carbocycles. The van der Waals surface area contributed by atoms with Crippen LogP contribution in [0.4, 0.5) is 0 Å². The molecule has 2 heterocycles. The summed E-state index contributed by atoms with van der Waals surface area (Å²) in [4.78, 5) is 5.22. The first kappa shape index (κ1) is 14.3. The Kier molecular flexibility index (Phi) is 5.42. The van der Waals surface area contributed by atoms with Gasteiger partial charge in [-0.05, 0) is 45.3 Å². The molecule has 0 aromatic heterocycles. The maximum atomic E-state index is 5.96. The van der Waals surface area contributed by atoms with Crippen molar-refractivity contribution < 1.29 is 4.74 Å². The van der Waals surface area contributed by atoms with Crippen LogP contribution in [0.5, 0.6) is 0 Å². The molecular formula is C14H29N3O. The third-order valence-electron chi connectivity index (χ3n) is 4.79. The van der Waals surface area contributed by atoms with Crippen molar-refractivity contribution >= 4 is 0 Å². The number of nitrogens with two attached hydrogens (primary N) is 1. The first-order chi connectivity index (χ1) is 8.78. The molecule has 0 aliphatic carbocycles. The fourth-order valence-electron chi connectivity index (χ4n) is 3.53. The van der Waals surface area contributed by atoms with E-state index in [-0.39, 0.29) is 0 Å². The van der Waals surface area contributed by atoms with Crippen LogP contribution in [0.15, 0.2) is 0 Å². The third kappa shape index (κ3) is 3.23. The first-order valence-corrected chi connectivity index (χ1v) is 7.49. The molecule has 2 rings (SSSR count). The van der Waals surface area contributed by atoms with E-state index in [2.05, 4.69) is 16.7 Å². The van der Waals surface area contributed by atoms with E-state index >= 15 is 0 Å². The summed E-state index contributed by atoms with van der Waals surface area (Å²) in [5, 5.41) is 0. The zero-order valence-electron chi connectivity index (χ0n) is 12.0. The molecule has 0 saturated carbocycles. The molecule has 2 aliphatic heterocycles. The van der Waals surface area contributed by atoms with Crippen molar-refractivity contribution in [1.29, 1.82) is 0 Å². The maximum absolute atomic E-state index is 5.96. The molecule has 0 aromatic rings. The molecule has 0 bridgehead atoms. The van der Waals surface area contributed by atoms with Gasteiger partial charge in [-0.25, -0.2) is 0 Å². The second-order valence-corrected chi connectivity index (χ2v) is 5.67. The van der Waals surface area contributed by atoms with Crippen LogP contribution in [0.25, 0.3) is 0 Å². The second kappa shape index (κ2) is 6.85. The molecule has 106 valence electrons. The van der Waals surface area contributed by atoms with E-state index in [1.54, 1.807) is 0 Å². The summed E-state index contributed by atoms with van der Waals surface area (Å²) in [6.45, 7) is 7.89. The van der Waals surface area contributed by atoms with Crippen LogP contribution >= 0.6 is 0 Å². The average molecular weight is 255 g/mol. The summed E-state index contributed by atoms with van der Waals surface area (Å²) in [5.74, 6) is 0. The predicted octanol–water partition coefficient (Wildman–Crippen LogP) is 0.909. The summed E-state index contributed by atoms with van der Waals surface area (Å²) < 4.78 is 5.50. The van der Waals surface area contributed by atoms with Gasteiger partial charge in [0.05, 0.1) is 6.10 Å². The molecular weight excluding hydrogens is 226 g/mol. The summed E-state index contributed by atoms with van der Waals surface area (Å²) in [6, 6.07) is 1.28. The molecule has 2 fully saturated rings. The highest BCUT2D eigenvalue weighted by molar-refractivity contribution is 4.89. The maximum Gasteiger partial charge on any atom is 0.0599 e. The minimum Gasteiger partial charge on any atom is -0.381 e. The standard InChI is InChI=1S/C14H29N3O/c1-3-16-7-4-12(5-8-16)17-9-6-14(18-2)10-13(17)11-15/h12-14H,3-11,15H2,1-2H3. The van der Waals surface area contributed by atoms with E-state index in [9.17, 15) is 0 Å². The minimum atomic E-state index is 0.422. The first-order valence-electron chi connectivity index (χ1n) is 7.49. The number of piperidine rings is 2. The summed E-state index contributed by atoms with van der Waals surface area (Å²) in [5.41, 5.74) is 5.96. The molecule has 4 heteroatoms. The highest BCUT2D eigenvalue weighted by Gasteiger charge is 2.33. The number of hydrogen-bond acceptors (Lipinski definition) is 4. The molecule has 0 spiro atoms. The van der Waals surface area contributed by atoms with Gasteiger partial charge in [-0.3, -0.25) is 4.90 Å². The molecule has 0 radical (unpaired) electrons. The molecule has 2 N–H and O–H groups in total. The van der Waals surface area contributed by atoms with Gasteiger partial charge >= 0.3 is 0 Å². The van der Waals surface area contributed by atoms with Crippen LogP contribution in [-0.2, 0) is 4.74 Å². The molecule has 4 nitrogen and oxygen atoms in total. The predicted molar refractivity (Wildman–Crippen MR) is 74.7 cm³/mol. The monoisotopic (exact) mass is 255 g/mol. The lowest BCUT2D eigenvalue weighted by Gasteiger charge is -2.46. The lowest BCUT2D eigenvalue weighted by molar-refractivity contribution is -0.0164. The number of likely N-dealkylation sites (tertiary alicyclic amines) is 2. The Morgan fingerprint density at radius 2 is 1.89 bits per heavy atom. The Bertz CT molecular complexity index is 241. The highest BCUT2D eigenvalue weighted by atomic mass is 16.5. The van der Waals surface area contributed by atoms with Crippen molar-refractivity contribution in [2.75, 3.05) is 39.8 Å². The van der Waals surface area contributed by atoms with E-state index in [1.807, 2.05) is 7.11 Å². The second-order valence-electron chi connectivity index (χ2n) is 5.67. The smallest absolute Gasteiger partial charge is 0.0599 e. The minimum absolute atomic E-state index is 0.422. The SMILES string of the molecule is CCN1CCC(N2CCC(OC)CC2CN)CC1. The number of nitrogens with zero attached hydrogens (tertiary/aromatic N) is 2. The van der Waals surface area contributed by atoms with Gasteiger partial charge in [0.2, 0.25) is 0 Å². The van der Waals surface area contributed by atoms with Gasteiger partial charge in [0.15, 0.2) is 0 Å². The van der Waals surface area contributed by atoms with Gasteiger partial charge in [0.25, 0.3) is 0 Å². The lowest BCUT2D eigenvalue weighted by atomic mass is 9.93. The van der Waals surface area contributed by atoms with Crippen molar-refractivity contribution in [3.8, 4) is 0 Å². The van der Waals surface area contributed by atoms with E-state index in [1.165, 1.54) is 38.9 Å². The topological polar surface area (TPSA) is 41.7 Å².